The topological polar surface area (TPSA) is 47.8 Å². The summed E-state index contributed by atoms with van der Waals surface area (Å²) in [6, 6.07) is 1.81. The molecule has 0 radical (unpaired) electrons. The van der Waals surface area contributed by atoms with Crippen molar-refractivity contribution in [1.82, 2.24) is 24.5 Å². The number of aliphatic hydroxyl groups is 1. The molecule has 1 aromatic heterocycles. The lowest BCUT2D eigenvalue weighted by atomic mass is 9.97. The number of piperazine rings is 1. The average molecular weight is 392 g/mol. The van der Waals surface area contributed by atoms with E-state index in [0.29, 0.717) is 18.1 Å². The maximum atomic E-state index is 9.67. The highest BCUT2D eigenvalue weighted by Crippen LogP contribution is 2.25. The summed E-state index contributed by atoms with van der Waals surface area (Å²) in [7, 11) is 0. The number of rotatable bonds is 8. The van der Waals surface area contributed by atoms with E-state index in [1.807, 2.05) is 0 Å². The second-order valence-electron chi connectivity index (χ2n) is 9.00. The van der Waals surface area contributed by atoms with E-state index in [-0.39, 0.29) is 6.61 Å². The first kappa shape index (κ1) is 21.8. The monoisotopic (exact) mass is 391 g/mol. The maximum Gasteiger partial charge on any atom is 0.0638 e. The van der Waals surface area contributed by atoms with Crippen LogP contribution in [0.2, 0.25) is 0 Å². The van der Waals surface area contributed by atoms with E-state index in [1.54, 1.807) is 0 Å². The van der Waals surface area contributed by atoms with Crippen LogP contribution in [0.4, 0.5) is 0 Å². The molecule has 2 aliphatic rings. The first-order valence-corrected chi connectivity index (χ1v) is 11.4. The minimum Gasteiger partial charge on any atom is -0.396 e. The molecule has 0 spiro atoms. The second kappa shape index (κ2) is 10.2. The molecule has 0 unspecified atom stereocenters. The zero-order valence-electron chi connectivity index (χ0n) is 18.5. The van der Waals surface area contributed by atoms with Crippen LogP contribution in [0.15, 0.2) is 6.20 Å². The number of hydrogen-bond acceptors (Lipinski definition) is 5. The zero-order chi connectivity index (χ0) is 20.1. The van der Waals surface area contributed by atoms with E-state index in [4.69, 9.17) is 0 Å². The fraction of sp³-hybridized carbons (Fsp3) is 0.864. The Balaban J connectivity index is 1.58. The van der Waals surface area contributed by atoms with Gasteiger partial charge in [-0.05, 0) is 59.5 Å². The van der Waals surface area contributed by atoms with Crippen LogP contribution < -0.4 is 0 Å². The predicted octanol–water partition coefficient (Wildman–Crippen LogP) is 2.34. The lowest BCUT2D eigenvalue weighted by Gasteiger charge is -2.48. The quantitative estimate of drug-likeness (QED) is 0.737. The summed E-state index contributed by atoms with van der Waals surface area (Å²) in [5.41, 5.74) is 2.52. The van der Waals surface area contributed by atoms with Gasteiger partial charge in [0.2, 0.25) is 0 Å². The van der Waals surface area contributed by atoms with Gasteiger partial charge in [0, 0.05) is 69.2 Å². The molecule has 1 aromatic rings. The van der Waals surface area contributed by atoms with Gasteiger partial charge in [0.1, 0.15) is 0 Å². The normalized spacial score (nSPS) is 23.7. The lowest BCUT2D eigenvalue weighted by Crippen LogP contribution is -2.58. The first-order chi connectivity index (χ1) is 13.5. The zero-order valence-corrected chi connectivity index (χ0v) is 18.5. The van der Waals surface area contributed by atoms with E-state index in [2.05, 4.69) is 58.4 Å². The molecule has 3 heterocycles. The Morgan fingerprint density at radius 1 is 1.18 bits per heavy atom. The second-order valence-corrected chi connectivity index (χ2v) is 9.00. The third-order valence-corrected chi connectivity index (χ3v) is 6.67. The van der Waals surface area contributed by atoms with E-state index in [0.717, 1.165) is 51.3 Å². The summed E-state index contributed by atoms with van der Waals surface area (Å²) in [4.78, 5) is 7.89. The van der Waals surface area contributed by atoms with Crippen LogP contribution in [0.1, 0.15) is 57.7 Å². The van der Waals surface area contributed by atoms with Crippen molar-refractivity contribution >= 4 is 0 Å². The molecule has 0 amide bonds. The van der Waals surface area contributed by atoms with Gasteiger partial charge in [0.05, 0.1) is 5.69 Å². The van der Waals surface area contributed by atoms with Crippen LogP contribution in [-0.4, -0.2) is 87.0 Å². The highest BCUT2D eigenvalue weighted by Gasteiger charge is 2.34. The van der Waals surface area contributed by atoms with Crippen molar-refractivity contribution in [2.45, 2.75) is 84.6 Å². The highest BCUT2D eigenvalue weighted by atomic mass is 16.3. The van der Waals surface area contributed by atoms with Crippen molar-refractivity contribution in [3.8, 4) is 0 Å². The minimum absolute atomic E-state index is 0.285. The number of aryl methyl sites for hydroxylation is 2. The average Bonchev–Trinajstić information content (AvgIpc) is 3.02. The predicted molar refractivity (Wildman–Crippen MR) is 114 cm³/mol. The molecule has 28 heavy (non-hydrogen) atoms. The number of nitrogens with zero attached hydrogens (tertiary/aromatic N) is 5. The van der Waals surface area contributed by atoms with Crippen LogP contribution in [0.3, 0.4) is 0 Å². The Morgan fingerprint density at radius 3 is 2.57 bits per heavy atom. The van der Waals surface area contributed by atoms with Gasteiger partial charge in [-0.3, -0.25) is 14.5 Å². The number of likely N-dealkylation sites (tertiary alicyclic amines) is 1. The van der Waals surface area contributed by atoms with Crippen LogP contribution >= 0.6 is 0 Å². The van der Waals surface area contributed by atoms with Gasteiger partial charge in [0.25, 0.3) is 0 Å². The minimum atomic E-state index is 0.285. The van der Waals surface area contributed by atoms with Gasteiger partial charge in [-0.15, -0.1) is 0 Å². The lowest BCUT2D eigenvalue weighted by molar-refractivity contribution is -0.0000823. The van der Waals surface area contributed by atoms with Gasteiger partial charge >= 0.3 is 0 Å². The molecule has 3 rings (SSSR count). The van der Waals surface area contributed by atoms with Crippen molar-refractivity contribution in [2.24, 2.45) is 0 Å². The summed E-state index contributed by atoms with van der Waals surface area (Å²) in [5.74, 6) is 0. The van der Waals surface area contributed by atoms with Gasteiger partial charge in [0.15, 0.2) is 0 Å². The third-order valence-electron chi connectivity index (χ3n) is 6.67. The highest BCUT2D eigenvalue weighted by molar-refractivity contribution is 5.15. The van der Waals surface area contributed by atoms with Crippen LogP contribution in [0.5, 0.6) is 0 Å². The van der Waals surface area contributed by atoms with Crippen molar-refractivity contribution in [3.05, 3.63) is 17.5 Å². The van der Waals surface area contributed by atoms with Crippen molar-refractivity contribution in [1.29, 1.82) is 0 Å². The molecule has 6 heteroatoms. The van der Waals surface area contributed by atoms with Gasteiger partial charge < -0.3 is 10.0 Å². The maximum absolute atomic E-state index is 9.67. The fourth-order valence-corrected chi connectivity index (χ4v) is 5.00. The molecule has 1 atom stereocenters. The smallest absolute Gasteiger partial charge is 0.0638 e. The van der Waals surface area contributed by atoms with E-state index in [1.165, 1.54) is 31.5 Å². The number of aromatic nitrogens is 2. The molecule has 2 aliphatic heterocycles. The SMILES string of the molecule is CCCn1cc(CN2CCN(C3CCN(C(C)C)CC3)[C@@H](CCO)C2)c(C)n1. The van der Waals surface area contributed by atoms with Crippen LogP contribution in [0.25, 0.3) is 0 Å². The molecular formula is C22H41N5O. The van der Waals surface area contributed by atoms with Crippen LogP contribution in [-0.2, 0) is 13.1 Å². The molecule has 2 saturated heterocycles. The standard InChI is InChI=1S/C22H41N5O/c1-5-9-26-16-20(19(4)23-26)15-24-12-13-27(22(17-24)8-14-28)21-6-10-25(11-7-21)18(2)3/h16,18,21-22,28H,5-15,17H2,1-4H3/t22-/m0/s1. The molecule has 0 aromatic carbocycles. The summed E-state index contributed by atoms with van der Waals surface area (Å²) in [5, 5.41) is 14.3. The number of piperidine rings is 1. The molecular weight excluding hydrogens is 350 g/mol. The third kappa shape index (κ3) is 5.35. The fourth-order valence-electron chi connectivity index (χ4n) is 5.00. The Morgan fingerprint density at radius 2 is 1.93 bits per heavy atom. The van der Waals surface area contributed by atoms with Gasteiger partial charge in [-0.2, -0.15) is 5.10 Å². The van der Waals surface area contributed by atoms with Gasteiger partial charge in [-0.25, -0.2) is 0 Å². The molecule has 2 fully saturated rings. The molecule has 0 aliphatic carbocycles. The van der Waals surface area contributed by atoms with E-state index >= 15 is 0 Å². The molecule has 160 valence electrons. The van der Waals surface area contributed by atoms with E-state index < -0.39 is 0 Å². The Labute approximate surface area is 171 Å². The summed E-state index contributed by atoms with van der Waals surface area (Å²) >= 11 is 0. The Kier molecular flexibility index (Phi) is 7.92. The summed E-state index contributed by atoms with van der Waals surface area (Å²) < 4.78 is 2.09. The first-order valence-electron chi connectivity index (χ1n) is 11.4. The number of aliphatic hydroxyl groups excluding tert-OH is 1. The van der Waals surface area contributed by atoms with Crippen molar-refractivity contribution in [3.63, 3.8) is 0 Å². The van der Waals surface area contributed by atoms with Crippen LogP contribution in [0, 0.1) is 6.92 Å². The van der Waals surface area contributed by atoms with Gasteiger partial charge in [-0.1, -0.05) is 6.92 Å². The van der Waals surface area contributed by atoms with E-state index in [9.17, 15) is 5.11 Å². The molecule has 1 N–H and O–H groups in total. The largest absolute Gasteiger partial charge is 0.396 e. The number of hydrogen-bond donors (Lipinski definition) is 1. The summed E-state index contributed by atoms with van der Waals surface area (Å²) in [6.07, 6.45) is 6.77. The van der Waals surface area contributed by atoms with Crippen molar-refractivity contribution < 1.29 is 5.11 Å². The Bertz CT molecular complexity index is 594. The summed E-state index contributed by atoms with van der Waals surface area (Å²) in [6.45, 7) is 16.9. The molecule has 6 nitrogen and oxygen atoms in total. The molecule has 0 saturated carbocycles. The van der Waals surface area contributed by atoms with Crippen molar-refractivity contribution in [2.75, 3.05) is 39.3 Å². The molecule has 0 bridgehead atoms. The Hall–Kier alpha value is -0.950.